The van der Waals surface area contributed by atoms with E-state index in [0.29, 0.717) is 23.1 Å². The number of rotatable bonds is 2. The van der Waals surface area contributed by atoms with Crippen molar-refractivity contribution in [3.8, 4) is 11.5 Å². The Bertz CT molecular complexity index is 839. The molecule has 0 saturated carbocycles. The summed E-state index contributed by atoms with van der Waals surface area (Å²) < 4.78 is 7.77. The summed E-state index contributed by atoms with van der Waals surface area (Å²) >= 11 is 0. The van der Waals surface area contributed by atoms with Gasteiger partial charge in [0.05, 0.1) is 17.1 Å². The highest BCUT2D eigenvalue weighted by atomic mass is 16.5. The number of hydrogen-bond donors (Lipinski definition) is 1. The molecule has 1 N–H and O–H groups in total. The molecule has 1 atom stereocenters. The van der Waals surface area contributed by atoms with Gasteiger partial charge in [0.2, 0.25) is 0 Å². The largest absolute Gasteiger partial charge is 0.506 e. The number of benzene rings is 1. The van der Waals surface area contributed by atoms with Gasteiger partial charge in [0.15, 0.2) is 5.43 Å². The van der Waals surface area contributed by atoms with Crippen LogP contribution in [0.25, 0.3) is 10.9 Å². The molecule has 0 radical (unpaired) electrons. The maximum absolute atomic E-state index is 12.3. The highest BCUT2D eigenvalue weighted by Crippen LogP contribution is 2.42. The second-order valence-corrected chi connectivity index (χ2v) is 6.08. The number of aryl methyl sites for hydroxylation is 1. The van der Waals surface area contributed by atoms with Crippen LogP contribution >= 0.6 is 0 Å². The first-order valence-electron chi connectivity index (χ1n) is 7.06. The standard InChI is InChI=1S/C16H19N3O3/c1-16(9-17-18(2)3)8-10-7-12(21)14-13(15(10)22-16)11(20)5-6-19(14)4/h5-7,9,21H,8H2,1-4H3/b17-9+/t16-/m1/s1. The van der Waals surface area contributed by atoms with Crippen molar-refractivity contribution in [2.45, 2.75) is 18.9 Å². The summed E-state index contributed by atoms with van der Waals surface area (Å²) in [5.41, 5.74) is 0.517. The molecule has 22 heavy (non-hydrogen) atoms. The molecule has 0 bridgehead atoms. The number of pyridine rings is 1. The lowest BCUT2D eigenvalue weighted by molar-refractivity contribution is 0.197. The first kappa shape index (κ1) is 14.4. The zero-order valence-electron chi connectivity index (χ0n) is 13.1. The smallest absolute Gasteiger partial charge is 0.193 e. The van der Waals surface area contributed by atoms with Gasteiger partial charge >= 0.3 is 0 Å². The van der Waals surface area contributed by atoms with Gasteiger partial charge in [-0.1, -0.05) is 0 Å². The van der Waals surface area contributed by atoms with Gasteiger partial charge in [0.1, 0.15) is 17.1 Å². The van der Waals surface area contributed by atoms with Crippen molar-refractivity contribution < 1.29 is 9.84 Å². The molecule has 6 heteroatoms. The molecule has 0 amide bonds. The van der Waals surface area contributed by atoms with Gasteiger partial charge in [0.25, 0.3) is 0 Å². The van der Waals surface area contributed by atoms with E-state index >= 15 is 0 Å². The summed E-state index contributed by atoms with van der Waals surface area (Å²) in [4.78, 5) is 12.3. The van der Waals surface area contributed by atoms with Crippen LogP contribution in [0.2, 0.25) is 0 Å². The van der Waals surface area contributed by atoms with E-state index in [2.05, 4.69) is 5.10 Å². The lowest BCUT2D eigenvalue weighted by Gasteiger charge is -2.19. The molecule has 0 fully saturated rings. The molecular formula is C16H19N3O3. The van der Waals surface area contributed by atoms with Crippen molar-refractivity contribution in [2.75, 3.05) is 14.1 Å². The molecule has 1 aliphatic heterocycles. The van der Waals surface area contributed by atoms with E-state index in [9.17, 15) is 9.90 Å². The first-order valence-corrected chi connectivity index (χ1v) is 7.06. The van der Waals surface area contributed by atoms with Crippen molar-refractivity contribution in [2.24, 2.45) is 12.1 Å². The van der Waals surface area contributed by atoms with E-state index in [-0.39, 0.29) is 11.2 Å². The molecule has 0 saturated heterocycles. The Labute approximate surface area is 128 Å². The second kappa shape index (κ2) is 4.76. The summed E-state index contributed by atoms with van der Waals surface area (Å²) in [6, 6.07) is 3.15. The Morgan fingerprint density at radius 2 is 2.23 bits per heavy atom. The van der Waals surface area contributed by atoms with Crippen molar-refractivity contribution in [3.05, 3.63) is 34.1 Å². The van der Waals surface area contributed by atoms with Crippen LogP contribution in [0.15, 0.2) is 28.2 Å². The molecule has 2 aromatic rings. The fourth-order valence-electron chi connectivity index (χ4n) is 2.82. The molecule has 1 aliphatic rings. The summed E-state index contributed by atoms with van der Waals surface area (Å²) in [7, 11) is 5.45. The van der Waals surface area contributed by atoms with Crippen LogP contribution in [0.5, 0.6) is 11.5 Å². The summed E-state index contributed by atoms with van der Waals surface area (Å²) in [5, 5.41) is 16.6. The lowest BCUT2D eigenvalue weighted by atomic mass is 9.99. The van der Waals surface area contributed by atoms with Crippen molar-refractivity contribution in [3.63, 3.8) is 0 Å². The van der Waals surface area contributed by atoms with Gasteiger partial charge < -0.3 is 19.4 Å². The number of ether oxygens (including phenoxy) is 1. The van der Waals surface area contributed by atoms with Crippen LogP contribution in [0, 0.1) is 0 Å². The van der Waals surface area contributed by atoms with E-state index in [1.165, 1.54) is 6.07 Å². The molecular weight excluding hydrogens is 282 g/mol. The number of phenolic OH excluding ortho intramolecular Hbond substituents is 1. The molecule has 116 valence electrons. The van der Waals surface area contributed by atoms with Gasteiger partial charge in [0, 0.05) is 45.4 Å². The number of aromatic nitrogens is 1. The minimum Gasteiger partial charge on any atom is -0.506 e. The van der Waals surface area contributed by atoms with Crippen LogP contribution in [0.4, 0.5) is 0 Å². The van der Waals surface area contributed by atoms with Crippen LogP contribution < -0.4 is 10.2 Å². The summed E-state index contributed by atoms with van der Waals surface area (Å²) in [6.45, 7) is 1.91. The molecule has 1 aromatic heterocycles. The number of aromatic hydroxyl groups is 1. The van der Waals surface area contributed by atoms with E-state index in [1.807, 2.05) is 21.0 Å². The number of nitrogens with zero attached hydrogens (tertiary/aromatic N) is 3. The van der Waals surface area contributed by atoms with Crippen molar-refractivity contribution in [1.29, 1.82) is 0 Å². The normalized spacial score (nSPS) is 20.4. The average molecular weight is 301 g/mol. The molecule has 0 spiro atoms. The van der Waals surface area contributed by atoms with E-state index < -0.39 is 5.60 Å². The third kappa shape index (κ3) is 2.20. The molecule has 0 aliphatic carbocycles. The Kier molecular flexibility index (Phi) is 3.12. The van der Waals surface area contributed by atoms with Gasteiger partial charge in [-0.3, -0.25) is 4.79 Å². The van der Waals surface area contributed by atoms with E-state index in [0.717, 1.165) is 5.56 Å². The maximum Gasteiger partial charge on any atom is 0.193 e. The number of phenols is 1. The van der Waals surface area contributed by atoms with Gasteiger partial charge in [-0.15, -0.1) is 0 Å². The van der Waals surface area contributed by atoms with E-state index in [4.69, 9.17) is 4.74 Å². The van der Waals surface area contributed by atoms with Crippen molar-refractivity contribution in [1.82, 2.24) is 9.58 Å². The third-order valence-electron chi connectivity index (χ3n) is 3.80. The summed E-state index contributed by atoms with van der Waals surface area (Å²) in [6.07, 6.45) is 3.92. The predicted molar refractivity (Wildman–Crippen MR) is 85.8 cm³/mol. The average Bonchev–Trinajstić information content (AvgIpc) is 2.77. The van der Waals surface area contributed by atoms with Crippen LogP contribution in [0.3, 0.4) is 0 Å². The fraction of sp³-hybridized carbons (Fsp3) is 0.375. The monoisotopic (exact) mass is 301 g/mol. The van der Waals surface area contributed by atoms with Crippen LogP contribution in [-0.4, -0.2) is 40.6 Å². The molecule has 2 heterocycles. The molecule has 1 aromatic carbocycles. The maximum atomic E-state index is 12.3. The minimum absolute atomic E-state index is 0.0892. The summed E-state index contributed by atoms with van der Waals surface area (Å²) in [5.74, 6) is 0.632. The van der Waals surface area contributed by atoms with Crippen LogP contribution in [-0.2, 0) is 13.5 Å². The molecule has 3 rings (SSSR count). The quantitative estimate of drug-likeness (QED) is 0.674. The minimum atomic E-state index is -0.631. The van der Waals surface area contributed by atoms with E-state index in [1.54, 1.807) is 35.1 Å². The van der Waals surface area contributed by atoms with Gasteiger partial charge in [-0.2, -0.15) is 5.10 Å². The zero-order valence-corrected chi connectivity index (χ0v) is 13.1. The van der Waals surface area contributed by atoms with Crippen molar-refractivity contribution >= 4 is 17.1 Å². The second-order valence-electron chi connectivity index (χ2n) is 6.08. The highest BCUT2D eigenvalue weighted by molar-refractivity contribution is 5.93. The highest BCUT2D eigenvalue weighted by Gasteiger charge is 2.36. The van der Waals surface area contributed by atoms with Crippen LogP contribution in [0.1, 0.15) is 12.5 Å². The van der Waals surface area contributed by atoms with Gasteiger partial charge in [-0.05, 0) is 13.0 Å². The number of hydrazone groups is 1. The predicted octanol–water partition coefficient (Wildman–Crippen LogP) is 1.49. The first-order chi connectivity index (χ1) is 10.3. The Morgan fingerprint density at radius 3 is 2.91 bits per heavy atom. The topological polar surface area (TPSA) is 67.1 Å². The SMILES string of the molecule is CN(C)/N=C/[C@@]1(C)Cc2cc(O)c3c(c2O1)c(=O)ccn3C. The zero-order chi connectivity index (χ0) is 16.1. The van der Waals surface area contributed by atoms with Gasteiger partial charge in [-0.25, -0.2) is 0 Å². The Morgan fingerprint density at radius 1 is 1.50 bits per heavy atom. The molecule has 6 nitrogen and oxygen atoms in total. The third-order valence-corrected chi connectivity index (χ3v) is 3.80. The Hall–Kier alpha value is -2.50. The fourth-order valence-corrected chi connectivity index (χ4v) is 2.82. The molecule has 0 unspecified atom stereocenters. The Balaban J connectivity index is 2.20. The number of hydrogen-bond acceptors (Lipinski definition) is 5. The number of fused-ring (bicyclic) bond motifs is 3. The lowest BCUT2D eigenvalue weighted by Crippen LogP contribution is -2.33.